The van der Waals surface area contributed by atoms with Gasteiger partial charge in [-0.2, -0.15) is 0 Å². The molecule has 0 spiro atoms. The minimum Gasteiger partial charge on any atom is -0.394 e. The van der Waals surface area contributed by atoms with Crippen molar-refractivity contribution in [3.8, 4) is 0 Å². The van der Waals surface area contributed by atoms with Crippen LogP contribution >= 0.6 is 0 Å². The number of ketones is 2. The van der Waals surface area contributed by atoms with Crippen molar-refractivity contribution in [2.45, 2.75) is 57.4 Å². The largest absolute Gasteiger partial charge is 0.394 e. The zero-order chi connectivity index (χ0) is 15.4. The Morgan fingerprint density at radius 1 is 1.24 bits per heavy atom. The standard InChI is InChI=1S/C15H20O6/c1-7-4-8(10(18)5-9(7)17)12-14-13(11(6-16)19-12)20-15(2,3)21-14/h4,8,11-14,16H,5-6H2,1-3H3/t8?,11-,12+,13?,14?/m1/s1. The predicted molar refractivity (Wildman–Crippen MR) is 71.4 cm³/mol. The number of ether oxygens (including phenoxy) is 3. The lowest BCUT2D eigenvalue weighted by molar-refractivity contribution is -0.194. The van der Waals surface area contributed by atoms with E-state index in [1.54, 1.807) is 26.8 Å². The zero-order valence-electron chi connectivity index (χ0n) is 12.4. The van der Waals surface area contributed by atoms with Crippen LogP contribution in [-0.2, 0) is 23.8 Å². The highest BCUT2D eigenvalue weighted by Gasteiger charge is 2.57. The van der Waals surface area contributed by atoms with E-state index in [0.717, 1.165) is 0 Å². The first-order valence-corrected chi connectivity index (χ1v) is 7.18. The highest BCUT2D eigenvalue weighted by atomic mass is 16.8. The maximum absolute atomic E-state index is 12.2. The normalized spacial score (nSPS) is 42.1. The predicted octanol–water partition coefficient (Wildman–Crippen LogP) is 0.371. The zero-order valence-corrected chi connectivity index (χ0v) is 12.4. The van der Waals surface area contributed by atoms with Gasteiger partial charge in [-0.05, 0) is 26.3 Å². The van der Waals surface area contributed by atoms with Gasteiger partial charge in [-0.3, -0.25) is 9.59 Å². The number of Topliss-reactive ketones (excluding diaryl/α,β-unsaturated/α-hetero) is 2. The second-order valence-electron chi connectivity index (χ2n) is 6.33. The number of rotatable bonds is 2. The van der Waals surface area contributed by atoms with Gasteiger partial charge < -0.3 is 19.3 Å². The van der Waals surface area contributed by atoms with E-state index in [2.05, 4.69) is 0 Å². The molecule has 0 bridgehead atoms. The Hall–Kier alpha value is -1.08. The first-order valence-electron chi connectivity index (χ1n) is 7.18. The van der Waals surface area contributed by atoms with E-state index in [1.165, 1.54) is 0 Å². The first kappa shape index (κ1) is 14.8. The molecule has 2 saturated heterocycles. The van der Waals surface area contributed by atoms with Crippen molar-refractivity contribution in [3.63, 3.8) is 0 Å². The number of aliphatic hydroxyl groups excluding tert-OH is 1. The molecule has 1 aliphatic carbocycles. The quantitative estimate of drug-likeness (QED) is 0.741. The van der Waals surface area contributed by atoms with Crippen molar-refractivity contribution >= 4 is 11.6 Å². The summed E-state index contributed by atoms with van der Waals surface area (Å²) in [5.41, 5.74) is 0.574. The van der Waals surface area contributed by atoms with Crippen LogP contribution in [0.2, 0.25) is 0 Å². The molecule has 0 aromatic heterocycles. The molecule has 3 unspecified atom stereocenters. The topological polar surface area (TPSA) is 82.1 Å². The fourth-order valence-corrected chi connectivity index (χ4v) is 3.30. The van der Waals surface area contributed by atoms with Gasteiger partial charge in [0, 0.05) is 0 Å². The van der Waals surface area contributed by atoms with E-state index in [0.29, 0.717) is 5.57 Å². The van der Waals surface area contributed by atoms with Gasteiger partial charge in [0.1, 0.15) is 30.2 Å². The summed E-state index contributed by atoms with van der Waals surface area (Å²) in [6.45, 7) is 5.10. The Morgan fingerprint density at radius 2 is 1.90 bits per heavy atom. The van der Waals surface area contributed by atoms with E-state index in [4.69, 9.17) is 14.2 Å². The molecule has 2 aliphatic heterocycles. The maximum Gasteiger partial charge on any atom is 0.165 e. The lowest BCUT2D eigenvalue weighted by Gasteiger charge is -2.28. The van der Waals surface area contributed by atoms with Gasteiger partial charge in [0.25, 0.3) is 0 Å². The fraction of sp³-hybridized carbons (Fsp3) is 0.733. The molecule has 1 N–H and O–H groups in total. The van der Waals surface area contributed by atoms with Gasteiger partial charge in [0.05, 0.1) is 18.9 Å². The van der Waals surface area contributed by atoms with E-state index in [1.807, 2.05) is 0 Å². The molecule has 0 aromatic carbocycles. The second-order valence-corrected chi connectivity index (χ2v) is 6.33. The van der Waals surface area contributed by atoms with Gasteiger partial charge in [-0.1, -0.05) is 6.08 Å². The molecule has 2 heterocycles. The van der Waals surface area contributed by atoms with E-state index in [9.17, 15) is 14.7 Å². The molecular formula is C15H20O6. The number of carbonyl (C=O) groups is 2. The Kier molecular flexibility index (Phi) is 3.52. The molecule has 3 aliphatic rings. The summed E-state index contributed by atoms with van der Waals surface area (Å²) in [7, 11) is 0. The second kappa shape index (κ2) is 4.98. The third-order valence-corrected chi connectivity index (χ3v) is 4.30. The Balaban J connectivity index is 1.89. The van der Waals surface area contributed by atoms with Gasteiger partial charge in [-0.15, -0.1) is 0 Å². The van der Waals surface area contributed by atoms with Crippen LogP contribution in [0.5, 0.6) is 0 Å². The minimum absolute atomic E-state index is 0.0989. The third-order valence-electron chi connectivity index (χ3n) is 4.30. The molecule has 6 nitrogen and oxygen atoms in total. The third kappa shape index (κ3) is 2.46. The average molecular weight is 296 g/mol. The monoisotopic (exact) mass is 296 g/mol. The summed E-state index contributed by atoms with van der Waals surface area (Å²) in [6, 6.07) is 0. The summed E-state index contributed by atoms with van der Waals surface area (Å²) < 4.78 is 17.4. The van der Waals surface area contributed by atoms with Crippen molar-refractivity contribution in [3.05, 3.63) is 11.6 Å². The van der Waals surface area contributed by atoms with Crippen LogP contribution in [-0.4, -0.2) is 53.5 Å². The van der Waals surface area contributed by atoms with Crippen molar-refractivity contribution in [1.82, 2.24) is 0 Å². The highest BCUT2D eigenvalue weighted by Crippen LogP contribution is 2.42. The number of allylic oxidation sites excluding steroid dienone is 1. The van der Waals surface area contributed by atoms with Crippen LogP contribution in [0.3, 0.4) is 0 Å². The summed E-state index contributed by atoms with van der Waals surface area (Å²) in [4.78, 5) is 23.8. The molecule has 0 aromatic rings. The molecule has 3 rings (SSSR count). The average Bonchev–Trinajstić information content (AvgIpc) is 2.87. The van der Waals surface area contributed by atoms with E-state index >= 15 is 0 Å². The fourth-order valence-electron chi connectivity index (χ4n) is 3.30. The van der Waals surface area contributed by atoms with Gasteiger partial charge in [0.15, 0.2) is 11.6 Å². The molecule has 6 heteroatoms. The molecule has 0 radical (unpaired) electrons. The number of fused-ring (bicyclic) bond motifs is 1. The molecule has 21 heavy (non-hydrogen) atoms. The molecule has 5 atom stereocenters. The van der Waals surface area contributed by atoms with Crippen LogP contribution in [0, 0.1) is 5.92 Å². The lowest BCUT2D eigenvalue weighted by atomic mass is 9.83. The summed E-state index contributed by atoms with van der Waals surface area (Å²) >= 11 is 0. The van der Waals surface area contributed by atoms with Crippen molar-refractivity contribution in [1.29, 1.82) is 0 Å². The number of aliphatic hydroxyl groups is 1. The maximum atomic E-state index is 12.2. The lowest BCUT2D eigenvalue weighted by Crippen LogP contribution is -2.40. The van der Waals surface area contributed by atoms with Crippen LogP contribution in [0.4, 0.5) is 0 Å². The number of hydrogen-bond acceptors (Lipinski definition) is 6. The van der Waals surface area contributed by atoms with Gasteiger partial charge in [0.2, 0.25) is 0 Å². The molecular weight excluding hydrogens is 276 g/mol. The SMILES string of the molecule is CC1=CC([C@@H]2O[C@H](CO)C3OC(C)(C)OC32)C(=O)CC1=O. The smallest absolute Gasteiger partial charge is 0.165 e. The summed E-state index contributed by atoms with van der Waals surface area (Å²) in [6.07, 6.45) is -0.286. The van der Waals surface area contributed by atoms with Crippen molar-refractivity contribution in [2.24, 2.45) is 5.92 Å². The molecule has 116 valence electrons. The minimum atomic E-state index is -0.767. The Morgan fingerprint density at radius 3 is 2.57 bits per heavy atom. The van der Waals surface area contributed by atoms with E-state index < -0.39 is 36.1 Å². The van der Waals surface area contributed by atoms with E-state index in [-0.39, 0.29) is 24.6 Å². The number of carbonyl (C=O) groups excluding carboxylic acids is 2. The van der Waals surface area contributed by atoms with Gasteiger partial charge >= 0.3 is 0 Å². The number of hydrogen-bond donors (Lipinski definition) is 1. The molecule has 2 fully saturated rings. The van der Waals surface area contributed by atoms with Crippen LogP contribution in [0.1, 0.15) is 27.2 Å². The summed E-state index contributed by atoms with van der Waals surface area (Å²) in [5, 5.41) is 9.44. The molecule has 0 amide bonds. The van der Waals surface area contributed by atoms with Crippen LogP contribution < -0.4 is 0 Å². The molecule has 0 saturated carbocycles. The highest BCUT2D eigenvalue weighted by molar-refractivity contribution is 6.11. The van der Waals surface area contributed by atoms with Crippen molar-refractivity contribution < 1.29 is 28.9 Å². The summed E-state index contributed by atoms with van der Waals surface area (Å²) in [5.74, 6) is -1.60. The van der Waals surface area contributed by atoms with Crippen LogP contribution in [0.25, 0.3) is 0 Å². The Labute approximate surface area is 123 Å². The Bertz CT molecular complexity index is 508. The first-order chi connectivity index (χ1) is 9.82. The van der Waals surface area contributed by atoms with Crippen LogP contribution in [0.15, 0.2) is 11.6 Å². The van der Waals surface area contributed by atoms with Gasteiger partial charge in [-0.25, -0.2) is 0 Å². The van der Waals surface area contributed by atoms with Crippen molar-refractivity contribution in [2.75, 3.05) is 6.61 Å².